The average molecular weight is 457 g/mol. The standard InChI is InChI=1S/C25H23ClF2N2O2/c26-18-3-1-4-21(15-18)32-20-9-7-17(8-10-20)25(31)29-19-11-13-30(14-12-19)16-22-23(27)5-2-6-24(22)28/h1-10,15,19H,11-14,16H2,(H,29,31). The molecule has 1 saturated heterocycles. The molecule has 1 fully saturated rings. The highest BCUT2D eigenvalue weighted by molar-refractivity contribution is 6.30. The molecule has 166 valence electrons. The lowest BCUT2D eigenvalue weighted by atomic mass is 10.0. The Morgan fingerprint density at radius 3 is 2.28 bits per heavy atom. The van der Waals surface area contributed by atoms with Crippen molar-refractivity contribution in [1.82, 2.24) is 10.2 Å². The molecular formula is C25H23ClF2N2O2. The van der Waals surface area contributed by atoms with Crippen LogP contribution in [-0.4, -0.2) is 29.9 Å². The van der Waals surface area contributed by atoms with Gasteiger partial charge < -0.3 is 10.1 Å². The second-order valence-corrected chi connectivity index (χ2v) is 8.24. The Morgan fingerprint density at radius 1 is 0.969 bits per heavy atom. The van der Waals surface area contributed by atoms with Crippen LogP contribution in [0.1, 0.15) is 28.8 Å². The van der Waals surface area contributed by atoms with E-state index in [1.54, 1.807) is 48.5 Å². The molecule has 0 spiro atoms. The van der Waals surface area contributed by atoms with Crippen LogP contribution in [0.2, 0.25) is 5.02 Å². The third-order valence-corrected chi connectivity index (χ3v) is 5.75. The second kappa shape index (κ2) is 10.1. The van der Waals surface area contributed by atoms with Gasteiger partial charge in [-0.3, -0.25) is 9.69 Å². The fraction of sp³-hybridized carbons (Fsp3) is 0.240. The van der Waals surface area contributed by atoms with E-state index in [0.717, 1.165) is 12.8 Å². The Labute approximate surface area is 190 Å². The molecule has 3 aromatic carbocycles. The number of amides is 1. The van der Waals surface area contributed by atoms with E-state index in [-0.39, 0.29) is 24.1 Å². The first kappa shape index (κ1) is 22.2. The molecule has 0 atom stereocenters. The second-order valence-electron chi connectivity index (χ2n) is 7.81. The molecule has 4 rings (SSSR count). The highest BCUT2D eigenvalue weighted by Crippen LogP contribution is 2.24. The SMILES string of the molecule is O=C(NC1CCN(Cc2c(F)cccc2F)CC1)c1ccc(Oc2cccc(Cl)c2)cc1. The minimum Gasteiger partial charge on any atom is -0.457 e. The summed E-state index contributed by atoms with van der Waals surface area (Å²) in [5.74, 6) is 0.0264. The van der Waals surface area contributed by atoms with Gasteiger partial charge in [-0.2, -0.15) is 0 Å². The number of halogens is 3. The number of benzene rings is 3. The van der Waals surface area contributed by atoms with Crippen molar-refractivity contribution in [2.45, 2.75) is 25.4 Å². The van der Waals surface area contributed by atoms with Gasteiger partial charge in [-0.15, -0.1) is 0 Å². The van der Waals surface area contributed by atoms with E-state index in [9.17, 15) is 13.6 Å². The van der Waals surface area contributed by atoms with Crippen LogP contribution < -0.4 is 10.1 Å². The molecule has 1 amide bonds. The molecule has 7 heteroatoms. The van der Waals surface area contributed by atoms with Crippen LogP contribution >= 0.6 is 11.6 Å². The summed E-state index contributed by atoms with van der Waals surface area (Å²) < 4.78 is 33.5. The lowest BCUT2D eigenvalue weighted by Crippen LogP contribution is -2.44. The Kier molecular flexibility index (Phi) is 7.02. The smallest absolute Gasteiger partial charge is 0.251 e. The van der Waals surface area contributed by atoms with Crippen LogP contribution in [0.25, 0.3) is 0 Å². The first-order valence-corrected chi connectivity index (χ1v) is 10.9. The largest absolute Gasteiger partial charge is 0.457 e. The van der Waals surface area contributed by atoms with Crippen molar-refractivity contribution >= 4 is 17.5 Å². The van der Waals surface area contributed by atoms with E-state index in [4.69, 9.17) is 16.3 Å². The number of piperidine rings is 1. The summed E-state index contributed by atoms with van der Waals surface area (Å²) in [5.41, 5.74) is 0.634. The molecule has 0 radical (unpaired) electrons. The van der Waals surface area contributed by atoms with Crippen molar-refractivity contribution in [3.63, 3.8) is 0 Å². The predicted molar refractivity (Wildman–Crippen MR) is 120 cm³/mol. The number of hydrogen-bond donors (Lipinski definition) is 1. The number of nitrogens with zero attached hydrogens (tertiary/aromatic N) is 1. The fourth-order valence-electron chi connectivity index (χ4n) is 3.75. The minimum absolute atomic E-state index is 0.0200. The lowest BCUT2D eigenvalue weighted by Gasteiger charge is -2.32. The van der Waals surface area contributed by atoms with Gasteiger partial charge in [0.15, 0.2) is 0 Å². The maximum absolute atomic E-state index is 13.9. The summed E-state index contributed by atoms with van der Waals surface area (Å²) in [5, 5.41) is 3.63. The lowest BCUT2D eigenvalue weighted by molar-refractivity contribution is 0.0908. The van der Waals surface area contributed by atoms with Crippen molar-refractivity contribution in [3.8, 4) is 11.5 Å². The van der Waals surface area contributed by atoms with E-state index < -0.39 is 11.6 Å². The van der Waals surface area contributed by atoms with Crippen molar-refractivity contribution in [2.75, 3.05) is 13.1 Å². The van der Waals surface area contributed by atoms with Gasteiger partial charge in [0.25, 0.3) is 5.91 Å². The van der Waals surface area contributed by atoms with Crippen LogP contribution in [-0.2, 0) is 6.54 Å². The van der Waals surface area contributed by atoms with E-state index in [0.29, 0.717) is 35.2 Å². The summed E-state index contributed by atoms with van der Waals surface area (Å²) in [6, 6.07) is 17.9. The van der Waals surface area contributed by atoms with Gasteiger partial charge in [0.2, 0.25) is 0 Å². The van der Waals surface area contributed by atoms with Gasteiger partial charge in [-0.05, 0) is 67.4 Å². The van der Waals surface area contributed by atoms with Crippen LogP contribution in [0.3, 0.4) is 0 Å². The normalized spacial score (nSPS) is 14.8. The molecule has 0 unspecified atom stereocenters. The number of hydrogen-bond acceptors (Lipinski definition) is 3. The van der Waals surface area contributed by atoms with Crippen LogP contribution in [0.4, 0.5) is 8.78 Å². The van der Waals surface area contributed by atoms with Crippen molar-refractivity contribution in [2.24, 2.45) is 0 Å². The molecule has 32 heavy (non-hydrogen) atoms. The number of likely N-dealkylation sites (tertiary alicyclic amines) is 1. The highest BCUT2D eigenvalue weighted by atomic mass is 35.5. The van der Waals surface area contributed by atoms with Gasteiger partial charge in [-0.1, -0.05) is 23.7 Å². The zero-order valence-electron chi connectivity index (χ0n) is 17.4. The first-order chi connectivity index (χ1) is 15.5. The molecule has 1 aliphatic rings. The average Bonchev–Trinajstić information content (AvgIpc) is 2.78. The van der Waals surface area contributed by atoms with Gasteiger partial charge in [0, 0.05) is 41.8 Å². The maximum atomic E-state index is 13.9. The predicted octanol–water partition coefficient (Wildman–Crippen LogP) is 5.80. The van der Waals surface area contributed by atoms with Crippen molar-refractivity contribution in [1.29, 1.82) is 0 Å². The number of nitrogens with one attached hydrogen (secondary N) is 1. The minimum atomic E-state index is -0.525. The molecule has 0 aliphatic carbocycles. The molecule has 4 nitrogen and oxygen atoms in total. The molecule has 1 N–H and O–H groups in total. The van der Waals surface area contributed by atoms with Crippen LogP contribution in [0.5, 0.6) is 11.5 Å². The molecular weight excluding hydrogens is 434 g/mol. The summed E-state index contributed by atoms with van der Waals surface area (Å²) >= 11 is 5.96. The quantitative estimate of drug-likeness (QED) is 0.509. The van der Waals surface area contributed by atoms with Gasteiger partial charge in [0.05, 0.1) is 0 Å². The molecule has 1 heterocycles. The summed E-state index contributed by atoms with van der Waals surface area (Å²) in [7, 11) is 0. The zero-order chi connectivity index (χ0) is 22.5. The fourth-order valence-corrected chi connectivity index (χ4v) is 3.93. The molecule has 0 bridgehead atoms. The maximum Gasteiger partial charge on any atom is 0.251 e. The Bertz CT molecular complexity index is 1060. The highest BCUT2D eigenvalue weighted by Gasteiger charge is 2.23. The first-order valence-electron chi connectivity index (χ1n) is 10.5. The van der Waals surface area contributed by atoms with Gasteiger partial charge in [-0.25, -0.2) is 8.78 Å². The molecule has 0 aromatic heterocycles. The van der Waals surface area contributed by atoms with Crippen LogP contribution in [0.15, 0.2) is 66.7 Å². The third-order valence-electron chi connectivity index (χ3n) is 5.51. The van der Waals surface area contributed by atoms with Gasteiger partial charge in [0.1, 0.15) is 23.1 Å². The van der Waals surface area contributed by atoms with Crippen LogP contribution in [0, 0.1) is 11.6 Å². The molecule has 3 aromatic rings. The van der Waals surface area contributed by atoms with E-state index in [1.807, 2.05) is 4.90 Å². The van der Waals surface area contributed by atoms with Crippen molar-refractivity contribution in [3.05, 3.63) is 94.5 Å². The molecule has 1 aliphatic heterocycles. The molecule has 0 saturated carbocycles. The van der Waals surface area contributed by atoms with Gasteiger partial charge >= 0.3 is 0 Å². The third kappa shape index (κ3) is 5.64. The number of rotatable bonds is 6. The van der Waals surface area contributed by atoms with E-state index in [1.165, 1.54) is 18.2 Å². The zero-order valence-corrected chi connectivity index (χ0v) is 18.1. The topological polar surface area (TPSA) is 41.6 Å². The Morgan fingerprint density at radius 2 is 1.62 bits per heavy atom. The van der Waals surface area contributed by atoms with E-state index in [2.05, 4.69) is 5.32 Å². The number of ether oxygens (including phenoxy) is 1. The Balaban J connectivity index is 1.27. The number of carbonyl (C=O) groups excluding carboxylic acids is 1. The number of carbonyl (C=O) groups is 1. The summed E-state index contributed by atoms with van der Waals surface area (Å²) in [6.07, 6.45) is 1.44. The summed E-state index contributed by atoms with van der Waals surface area (Å²) in [4.78, 5) is 14.6. The summed E-state index contributed by atoms with van der Waals surface area (Å²) in [6.45, 7) is 1.55. The van der Waals surface area contributed by atoms with Crippen molar-refractivity contribution < 1.29 is 18.3 Å². The Hall–Kier alpha value is -2.96. The van der Waals surface area contributed by atoms with E-state index >= 15 is 0 Å². The monoisotopic (exact) mass is 456 g/mol.